The van der Waals surface area contributed by atoms with Gasteiger partial charge in [-0.15, -0.1) is 0 Å². The lowest BCUT2D eigenvalue weighted by atomic mass is 10.1. The van der Waals surface area contributed by atoms with E-state index in [-0.39, 0.29) is 13.0 Å². The minimum atomic E-state index is -5.77. The predicted molar refractivity (Wildman–Crippen MR) is 48.4 cm³/mol. The molecule has 17 heavy (non-hydrogen) atoms. The second-order valence-corrected chi connectivity index (χ2v) is 4.99. The van der Waals surface area contributed by atoms with E-state index < -0.39 is 27.9 Å². The summed E-state index contributed by atoms with van der Waals surface area (Å²) in [5.41, 5.74) is -5.55. The Labute approximate surface area is 95.1 Å². The molecule has 1 unspecified atom stereocenters. The quantitative estimate of drug-likeness (QED) is 0.608. The average molecular weight is 277 g/mol. The van der Waals surface area contributed by atoms with Crippen LogP contribution in [0.15, 0.2) is 0 Å². The fourth-order valence-electron chi connectivity index (χ4n) is 1.42. The summed E-state index contributed by atoms with van der Waals surface area (Å²) in [6.07, 6.45) is -2.33. The smallest absolute Gasteiger partial charge is 0.465 e. The van der Waals surface area contributed by atoms with Crippen LogP contribution in [0.4, 0.5) is 18.0 Å². The van der Waals surface area contributed by atoms with Gasteiger partial charge in [0.2, 0.25) is 0 Å². The minimum absolute atomic E-state index is 0.0482. The van der Waals surface area contributed by atoms with Gasteiger partial charge in [0, 0.05) is 6.54 Å². The molecule has 0 aromatic heterocycles. The van der Waals surface area contributed by atoms with Crippen molar-refractivity contribution in [2.45, 2.75) is 31.0 Å². The lowest BCUT2D eigenvalue weighted by Gasteiger charge is -2.32. The topological polar surface area (TPSA) is 83.9 Å². The molecule has 1 N–H and O–H groups in total. The number of halogens is 3. The van der Waals surface area contributed by atoms with Crippen LogP contribution in [-0.2, 0) is 14.3 Å². The van der Waals surface area contributed by atoms with Gasteiger partial charge in [0.25, 0.3) is 0 Å². The fraction of sp³-hybridized carbons (Fsp3) is 0.857. The van der Waals surface area contributed by atoms with Gasteiger partial charge in [-0.3, -0.25) is 4.90 Å². The summed E-state index contributed by atoms with van der Waals surface area (Å²) in [6, 6.07) is 0. The van der Waals surface area contributed by atoms with Gasteiger partial charge < -0.3 is 5.11 Å². The van der Waals surface area contributed by atoms with Crippen LogP contribution in [-0.4, -0.2) is 42.8 Å². The van der Waals surface area contributed by atoms with Crippen molar-refractivity contribution in [3.8, 4) is 0 Å². The number of amides is 1. The van der Waals surface area contributed by atoms with Crippen molar-refractivity contribution in [1.29, 1.82) is 0 Å². The van der Waals surface area contributed by atoms with Gasteiger partial charge >= 0.3 is 21.7 Å². The third-order valence-corrected chi connectivity index (χ3v) is 3.26. The fourth-order valence-corrected chi connectivity index (χ4v) is 2.02. The molecule has 6 nitrogen and oxygen atoms in total. The zero-order valence-corrected chi connectivity index (χ0v) is 9.29. The van der Waals surface area contributed by atoms with Gasteiger partial charge in [0.15, 0.2) is 6.23 Å². The zero-order chi connectivity index (χ0) is 13.3. The largest absolute Gasteiger partial charge is 0.523 e. The van der Waals surface area contributed by atoms with E-state index in [0.717, 1.165) is 0 Å². The van der Waals surface area contributed by atoms with Gasteiger partial charge in [-0.2, -0.15) is 21.6 Å². The molecule has 0 aliphatic carbocycles. The van der Waals surface area contributed by atoms with E-state index in [4.69, 9.17) is 5.11 Å². The van der Waals surface area contributed by atoms with Crippen LogP contribution in [0.5, 0.6) is 0 Å². The Hall–Kier alpha value is -1.03. The van der Waals surface area contributed by atoms with Crippen molar-refractivity contribution < 1.29 is 35.7 Å². The Morgan fingerprint density at radius 1 is 1.35 bits per heavy atom. The molecule has 1 saturated heterocycles. The van der Waals surface area contributed by atoms with Gasteiger partial charge in [0.1, 0.15) is 0 Å². The average Bonchev–Trinajstić information content (AvgIpc) is 2.15. The van der Waals surface area contributed by atoms with Crippen LogP contribution >= 0.6 is 0 Å². The number of nitrogens with zero attached hydrogens (tertiary/aromatic N) is 1. The maximum absolute atomic E-state index is 12.0. The van der Waals surface area contributed by atoms with Crippen molar-refractivity contribution >= 4 is 16.2 Å². The number of rotatable bonds is 2. The van der Waals surface area contributed by atoms with Crippen molar-refractivity contribution in [3.63, 3.8) is 0 Å². The van der Waals surface area contributed by atoms with Crippen LogP contribution < -0.4 is 0 Å². The highest BCUT2D eigenvalue weighted by Gasteiger charge is 2.49. The Morgan fingerprint density at radius 3 is 2.41 bits per heavy atom. The molecule has 10 heteroatoms. The summed E-state index contributed by atoms with van der Waals surface area (Å²) in [7, 11) is -5.77. The van der Waals surface area contributed by atoms with Crippen molar-refractivity contribution in [2.75, 3.05) is 6.54 Å². The van der Waals surface area contributed by atoms with E-state index in [2.05, 4.69) is 4.18 Å². The molecule has 1 heterocycles. The second kappa shape index (κ2) is 4.69. The second-order valence-electron chi connectivity index (χ2n) is 3.42. The van der Waals surface area contributed by atoms with Crippen molar-refractivity contribution in [1.82, 2.24) is 4.90 Å². The zero-order valence-electron chi connectivity index (χ0n) is 8.48. The summed E-state index contributed by atoms with van der Waals surface area (Å²) < 4.78 is 61.5. The molecule has 0 saturated carbocycles. The number of hydrogen-bond donors (Lipinski definition) is 1. The Kier molecular flexibility index (Phi) is 3.87. The van der Waals surface area contributed by atoms with Crippen LogP contribution in [0.3, 0.4) is 0 Å². The summed E-state index contributed by atoms with van der Waals surface area (Å²) in [6.45, 7) is -0.0482. The van der Waals surface area contributed by atoms with Crippen LogP contribution in [0.25, 0.3) is 0 Å². The molecule has 1 amide bonds. The molecular weight excluding hydrogens is 267 g/mol. The number of likely N-dealkylation sites (tertiary alicyclic amines) is 1. The highest BCUT2D eigenvalue weighted by atomic mass is 32.2. The molecule has 100 valence electrons. The first-order valence-electron chi connectivity index (χ1n) is 4.64. The molecule has 0 aromatic carbocycles. The number of hydrogen-bond acceptors (Lipinski definition) is 4. The maximum Gasteiger partial charge on any atom is 0.523 e. The minimum Gasteiger partial charge on any atom is -0.465 e. The highest BCUT2D eigenvalue weighted by molar-refractivity contribution is 7.87. The lowest BCUT2D eigenvalue weighted by Crippen LogP contribution is -2.46. The summed E-state index contributed by atoms with van der Waals surface area (Å²) in [5, 5.41) is 8.68. The molecule has 0 bridgehead atoms. The van der Waals surface area contributed by atoms with Crippen LogP contribution in [0.1, 0.15) is 19.3 Å². The van der Waals surface area contributed by atoms with E-state index in [0.29, 0.717) is 17.7 Å². The molecule has 1 atom stereocenters. The Balaban J connectivity index is 2.82. The Bertz CT molecular complexity index is 393. The molecule has 0 spiro atoms. The first kappa shape index (κ1) is 14.0. The van der Waals surface area contributed by atoms with Gasteiger partial charge in [-0.05, 0) is 19.3 Å². The predicted octanol–water partition coefficient (Wildman–Crippen LogP) is 1.34. The molecule has 1 aliphatic heterocycles. The van der Waals surface area contributed by atoms with Gasteiger partial charge in [0.05, 0.1) is 0 Å². The standard InChI is InChI=1S/C7H10F3NO5S/c8-7(9,10)17(14,15)16-5-3-1-2-4-11(5)6(12)13/h5H,1-4H2,(H,12,13). The SMILES string of the molecule is O=C(O)N1CCCCC1OS(=O)(=O)C(F)(F)F. The van der Waals surface area contributed by atoms with E-state index >= 15 is 0 Å². The van der Waals surface area contributed by atoms with Gasteiger partial charge in [-0.25, -0.2) is 8.98 Å². The monoisotopic (exact) mass is 277 g/mol. The Morgan fingerprint density at radius 2 is 1.94 bits per heavy atom. The van der Waals surface area contributed by atoms with E-state index in [1.807, 2.05) is 0 Å². The third-order valence-electron chi connectivity index (χ3n) is 2.21. The van der Waals surface area contributed by atoms with Crippen molar-refractivity contribution in [3.05, 3.63) is 0 Å². The maximum atomic E-state index is 12.0. The third kappa shape index (κ3) is 3.22. The number of alkyl halides is 3. The van der Waals surface area contributed by atoms with Crippen LogP contribution in [0, 0.1) is 0 Å². The van der Waals surface area contributed by atoms with E-state index in [9.17, 15) is 26.4 Å². The molecule has 0 aromatic rings. The summed E-state index contributed by atoms with van der Waals surface area (Å²) in [5.74, 6) is 0. The first-order valence-corrected chi connectivity index (χ1v) is 6.05. The van der Waals surface area contributed by atoms with Gasteiger partial charge in [-0.1, -0.05) is 0 Å². The molecule has 1 rings (SSSR count). The van der Waals surface area contributed by atoms with E-state index in [1.54, 1.807) is 0 Å². The molecule has 0 radical (unpaired) electrons. The number of carboxylic acid groups (broad SMARTS) is 1. The summed E-state index contributed by atoms with van der Waals surface area (Å²) >= 11 is 0. The summed E-state index contributed by atoms with van der Waals surface area (Å²) in [4.78, 5) is 11.2. The normalized spacial score (nSPS) is 22.5. The number of piperidine rings is 1. The molecule has 1 aliphatic rings. The number of carbonyl (C=O) groups is 1. The van der Waals surface area contributed by atoms with Crippen molar-refractivity contribution in [2.24, 2.45) is 0 Å². The van der Waals surface area contributed by atoms with Crippen LogP contribution in [0.2, 0.25) is 0 Å². The van der Waals surface area contributed by atoms with E-state index in [1.165, 1.54) is 0 Å². The molecular formula is C7H10F3NO5S. The first-order chi connectivity index (χ1) is 7.65. The highest BCUT2D eigenvalue weighted by Crippen LogP contribution is 2.29. The molecule has 1 fully saturated rings. The lowest BCUT2D eigenvalue weighted by molar-refractivity contribution is -0.0691.